The van der Waals surface area contributed by atoms with Crippen LogP contribution < -0.4 is 5.32 Å². The Kier molecular flexibility index (Phi) is 4.66. The van der Waals surface area contributed by atoms with Gasteiger partial charge in [0, 0.05) is 28.2 Å². The molecule has 0 saturated heterocycles. The molecule has 100 valence electrons. The lowest BCUT2D eigenvalue weighted by Crippen LogP contribution is -2.19. The summed E-state index contributed by atoms with van der Waals surface area (Å²) in [7, 11) is 0. The van der Waals surface area contributed by atoms with Gasteiger partial charge in [0.2, 0.25) is 0 Å². The third-order valence-corrected chi connectivity index (χ3v) is 3.48. The molecule has 0 aliphatic heterocycles. The monoisotopic (exact) mass is 325 g/mol. The summed E-state index contributed by atoms with van der Waals surface area (Å²) >= 11 is 3.21. The van der Waals surface area contributed by atoms with Gasteiger partial charge in [-0.15, -0.1) is 0 Å². The lowest BCUT2D eigenvalue weighted by atomic mass is 10.1. The molecule has 0 spiro atoms. The Balaban J connectivity index is 2.04. The van der Waals surface area contributed by atoms with Crippen LogP contribution in [-0.2, 0) is 6.54 Å². The number of nitrogens with one attached hydrogen (secondary N) is 1. The van der Waals surface area contributed by atoms with Gasteiger partial charge in [0.25, 0.3) is 0 Å². The van der Waals surface area contributed by atoms with E-state index >= 15 is 0 Å². The largest absolute Gasteiger partial charge is 0.306 e. The molecule has 0 aliphatic carbocycles. The Bertz CT molecular complexity index is 572. The fraction of sp³-hybridized carbons (Fsp3) is 0.200. The van der Waals surface area contributed by atoms with Crippen LogP contribution in [0.4, 0.5) is 8.78 Å². The zero-order valence-electron chi connectivity index (χ0n) is 10.5. The molecule has 0 radical (unpaired) electrons. The number of hydrogen-bond acceptors (Lipinski definition) is 1. The summed E-state index contributed by atoms with van der Waals surface area (Å²) in [5.41, 5.74) is 1.14. The SMILES string of the molecule is CC(NCc1ccc(Br)cc1F)c1ccccc1F. The highest BCUT2D eigenvalue weighted by Gasteiger charge is 2.10. The Morgan fingerprint density at radius 2 is 1.84 bits per heavy atom. The van der Waals surface area contributed by atoms with Crippen LogP contribution in [0.5, 0.6) is 0 Å². The predicted molar refractivity (Wildman–Crippen MR) is 75.8 cm³/mol. The molecule has 19 heavy (non-hydrogen) atoms. The van der Waals surface area contributed by atoms with Crippen LogP contribution in [0.25, 0.3) is 0 Å². The average Bonchev–Trinajstić information content (AvgIpc) is 2.38. The molecular weight excluding hydrogens is 312 g/mol. The van der Waals surface area contributed by atoms with Crippen LogP contribution in [0.15, 0.2) is 46.9 Å². The summed E-state index contributed by atoms with van der Waals surface area (Å²) in [6.45, 7) is 2.21. The van der Waals surface area contributed by atoms with Gasteiger partial charge in [0.15, 0.2) is 0 Å². The average molecular weight is 326 g/mol. The normalized spacial score (nSPS) is 12.4. The summed E-state index contributed by atoms with van der Waals surface area (Å²) in [6.07, 6.45) is 0. The maximum Gasteiger partial charge on any atom is 0.128 e. The van der Waals surface area contributed by atoms with E-state index in [1.54, 1.807) is 30.3 Å². The maximum atomic E-state index is 13.6. The topological polar surface area (TPSA) is 12.0 Å². The first kappa shape index (κ1) is 14.2. The van der Waals surface area contributed by atoms with Gasteiger partial charge in [0.05, 0.1) is 0 Å². The lowest BCUT2D eigenvalue weighted by molar-refractivity contribution is 0.515. The molecule has 0 heterocycles. The van der Waals surface area contributed by atoms with Crippen LogP contribution in [0.1, 0.15) is 24.1 Å². The second-order valence-corrected chi connectivity index (χ2v) is 5.28. The van der Waals surface area contributed by atoms with Crippen LogP contribution in [-0.4, -0.2) is 0 Å². The minimum atomic E-state index is -0.275. The molecule has 1 atom stereocenters. The zero-order chi connectivity index (χ0) is 13.8. The minimum absolute atomic E-state index is 0.177. The van der Waals surface area contributed by atoms with Crippen molar-refractivity contribution in [1.82, 2.24) is 5.32 Å². The zero-order valence-corrected chi connectivity index (χ0v) is 12.0. The first-order chi connectivity index (χ1) is 9.08. The van der Waals surface area contributed by atoms with Gasteiger partial charge in [-0.2, -0.15) is 0 Å². The summed E-state index contributed by atoms with van der Waals surface area (Å²) in [4.78, 5) is 0. The van der Waals surface area contributed by atoms with Crippen molar-refractivity contribution in [1.29, 1.82) is 0 Å². The van der Waals surface area contributed by atoms with E-state index in [0.29, 0.717) is 22.1 Å². The summed E-state index contributed by atoms with van der Waals surface area (Å²) in [5, 5.41) is 3.12. The van der Waals surface area contributed by atoms with Crippen molar-refractivity contribution < 1.29 is 8.78 Å². The van der Waals surface area contributed by atoms with Gasteiger partial charge in [-0.25, -0.2) is 8.78 Å². The third kappa shape index (κ3) is 3.61. The molecule has 2 rings (SSSR count). The summed E-state index contributed by atoms with van der Waals surface area (Å²) in [5.74, 6) is -0.526. The van der Waals surface area contributed by atoms with Crippen molar-refractivity contribution in [3.63, 3.8) is 0 Å². The first-order valence-electron chi connectivity index (χ1n) is 5.99. The number of benzene rings is 2. The van der Waals surface area contributed by atoms with E-state index in [4.69, 9.17) is 0 Å². The van der Waals surface area contributed by atoms with E-state index in [-0.39, 0.29) is 17.7 Å². The summed E-state index contributed by atoms with van der Waals surface area (Å²) in [6, 6.07) is 11.3. The fourth-order valence-corrected chi connectivity index (χ4v) is 2.20. The highest BCUT2D eigenvalue weighted by atomic mass is 79.9. The van der Waals surface area contributed by atoms with E-state index in [1.807, 2.05) is 6.92 Å². The van der Waals surface area contributed by atoms with Crippen molar-refractivity contribution in [3.05, 3.63) is 69.7 Å². The number of rotatable bonds is 4. The second-order valence-electron chi connectivity index (χ2n) is 4.36. The van der Waals surface area contributed by atoms with E-state index in [2.05, 4.69) is 21.2 Å². The molecule has 4 heteroatoms. The van der Waals surface area contributed by atoms with Crippen LogP contribution >= 0.6 is 15.9 Å². The van der Waals surface area contributed by atoms with Crippen molar-refractivity contribution in [2.24, 2.45) is 0 Å². The Labute approximate surface area is 119 Å². The van der Waals surface area contributed by atoms with Crippen molar-refractivity contribution in [2.75, 3.05) is 0 Å². The van der Waals surface area contributed by atoms with Crippen LogP contribution in [0.2, 0.25) is 0 Å². The summed E-state index contributed by atoms with van der Waals surface area (Å²) < 4.78 is 27.9. The molecular formula is C15H14BrF2N. The molecule has 0 saturated carbocycles. The molecule has 0 bridgehead atoms. The van der Waals surface area contributed by atoms with Gasteiger partial charge in [-0.3, -0.25) is 0 Å². The smallest absolute Gasteiger partial charge is 0.128 e. The standard InChI is InChI=1S/C15H14BrF2N/c1-10(13-4-2-3-5-14(13)17)19-9-11-6-7-12(16)8-15(11)18/h2-8,10,19H,9H2,1H3. The van der Waals surface area contributed by atoms with Crippen molar-refractivity contribution >= 4 is 15.9 Å². The molecule has 2 aromatic carbocycles. The van der Waals surface area contributed by atoms with E-state index < -0.39 is 0 Å². The van der Waals surface area contributed by atoms with E-state index in [1.165, 1.54) is 12.1 Å². The third-order valence-electron chi connectivity index (χ3n) is 2.99. The van der Waals surface area contributed by atoms with Gasteiger partial charge < -0.3 is 5.32 Å². The minimum Gasteiger partial charge on any atom is -0.306 e. The molecule has 0 aliphatic rings. The van der Waals surface area contributed by atoms with Gasteiger partial charge in [-0.1, -0.05) is 40.2 Å². The molecule has 1 N–H and O–H groups in total. The van der Waals surface area contributed by atoms with Gasteiger partial charge in [-0.05, 0) is 25.1 Å². The molecule has 1 unspecified atom stereocenters. The number of halogens is 3. The number of hydrogen-bond donors (Lipinski definition) is 1. The highest BCUT2D eigenvalue weighted by Crippen LogP contribution is 2.19. The second kappa shape index (κ2) is 6.26. The predicted octanol–water partition coefficient (Wildman–Crippen LogP) is 4.58. The highest BCUT2D eigenvalue weighted by molar-refractivity contribution is 9.10. The van der Waals surface area contributed by atoms with Gasteiger partial charge in [0.1, 0.15) is 11.6 Å². The van der Waals surface area contributed by atoms with E-state index in [9.17, 15) is 8.78 Å². The molecule has 0 amide bonds. The lowest BCUT2D eigenvalue weighted by Gasteiger charge is -2.15. The molecule has 0 fully saturated rings. The Morgan fingerprint density at radius 1 is 1.11 bits per heavy atom. The van der Waals surface area contributed by atoms with Crippen LogP contribution in [0.3, 0.4) is 0 Å². The fourth-order valence-electron chi connectivity index (χ4n) is 1.86. The van der Waals surface area contributed by atoms with Crippen molar-refractivity contribution in [2.45, 2.75) is 19.5 Å². The molecule has 2 aromatic rings. The Morgan fingerprint density at radius 3 is 2.53 bits per heavy atom. The molecule has 1 nitrogen and oxygen atoms in total. The van der Waals surface area contributed by atoms with Crippen LogP contribution in [0, 0.1) is 11.6 Å². The Hall–Kier alpha value is -1.26. The van der Waals surface area contributed by atoms with Gasteiger partial charge >= 0.3 is 0 Å². The van der Waals surface area contributed by atoms with Crippen molar-refractivity contribution in [3.8, 4) is 0 Å². The quantitative estimate of drug-likeness (QED) is 0.867. The van der Waals surface area contributed by atoms with E-state index in [0.717, 1.165) is 0 Å². The first-order valence-corrected chi connectivity index (χ1v) is 6.79. The molecule has 0 aromatic heterocycles. The maximum absolute atomic E-state index is 13.6.